The van der Waals surface area contributed by atoms with Crippen molar-refractivity contribution in [1.82, 2.24) is 9.78 Å². The van der Waals surface area contributed by atoms with E-state index in [1.54, 1.807) is 0 Å². The number of carbonyl (C=O) groups excluding carboxylic acids is 2. The molecule has 114 valence electrons. The minimum Gasteiger partial charge on any atom is -0.365 e. The number of anilines is 1. The minimum absolute atomic E-state index is 0.103. The number of carbonyl (C=O) groups is 2. The Bertz CT molecular complexity index is 837. The lowest BCUT2D eigenvalue weighted by atomic mass is 10.1. The summed E-state index contributed by atoms with van der Waals surface area (Å²) >= 11 is 1.38. The lowest BCUT2D eigenvalue weighted by Gasteiger charge is -2.06. The van der Waals surface area contributed by atoms with Gasteiger partial charge in [0, 0.05) is 18.0 Å². The molecular weight excluding hydrogens is 304 g/mol. The van der Waals surface area contributed by atoms with Crippen molar-refractivity contribution in [3.63, 3.8) is 0 Å². The predicted molar refractivity (Wildman–Crippen MR) is 82.3 cm³/mol. The number of hydrogen-bond acceptors (Lipinski definition) is 5. The van der Waals surface area contributed by atoms with Gasteiger partial charge in [0.05, 0.1) is 5.56 Å². The van der Waals surface area contributed by atoms with E-state index in [9.17, 15) is 14.4 Å². The first-order chi connectivity index (χ1) is 10.5. The highest BCUT2D eigenvalue weighted by Gasteiger charge is 2.26. The Morgan fingerprint density at radius 3 is 2.82 bits per heavy atom. The molecule has 0 radical (unpaired) electrons. The van der Waals surface area contributed by atoms with E-state index in [0.29, 0.717) is 10.6 Å². The third-order valence-corrected chi connectivity index (χ3v) is 4.80. The Morgan fingerprint density at radius 2 is 2.14 bits per heavy atom. The summed E-state index contributed by atoms with van der Waals surface area (Å²) in [6.45, 7) is 0. The Hall–Kier alpha value is -2.48. The number of hydrogen-bond donors (Lipinski definition) is 2. The average molecular weight is 318 g/mol. The Labute approximate surface area is 129 Å². The Kier molecular flexibility index (Phi) is 3.53. The van der Waals surface area contributed by atoms with Gasteiger partial charge in [0.25, 0.3) is 17.4 Å². The van der Waals surface area contributed by atoms with Gasteiger partial charge in [-0.25, -0.2) is 4.68 Å². The number of aromatic nitrogens is 2. The van der Waals surface area contributed by atoms with Crippen LogP contribution >= 0.6 is 11.3 Å². The number of nitrogens with one attached hydrogen (secondary N) is 1. The zero-order valence-corrected chi connectivity index (χ0v) is 12.7. The lowest BCUT2D eigenvalue weighted by molar-refractivity contribution is 0.100. The topological polar surface area (TPSA) is 107 Å². The molecule has 2 amide bonds. The highest BCUT2D eigenvalue weighted by molar-refractivity contribution is 7.17. The normalized spacial score (nSPS) is 13.0. The summed E-state index contributed by atoms with van der Waals surface area (Å²) in [6.07, 6.45) is 2.70. The number of nitrogens with two attached hydrogens (primary N) is 1. The van der Waals surface area contributed by atoms with Gasteiger partial charge in [0.1, 0.15) is 10.7 Å². The highest BCUT2D eigenvalue weighted by atomic mass is 32.1. The van der Waals surface area contributed by atoms with Crippen LogP contribution < -0.4 is 16.6 Å². The molecule has 0 fully saturated rings. The first-order valence-corrected chi connectivity index (χ1v) is 7.59. The molecule has 0 atom stereocenters. The number of rotatable bonds is 3. The number of primary amides is 1. The van der Waals surface area contributed by atoms with Crippen LogP contribution in [-0.2, 0) is 19.9 Å². The van der Waals surface area contributed by atoms with Gasteiger partial charge in [-0.15, -0.1) is 11.3 Å². The van der Waals surface area contributed by atoms with Gasteiger partial charge in [0.2, 0.25) is 0 Å². The molecule has 0 unspecified atom stereocenters. The zero-order chi connectivity index (χ0) is 15.9. The maximum Gasteiger partial charge on any atom is 0.276 e. The summed E-state index contributed by atoms with van der Waals surface area (Å²) in [6, 6.07) is 2.62. The van der Waals surface area contributed by atoms with Gasteiger partial charge in [0.15, 0.2) is 0 Å². The Balaban J connectivity index is 1.93. The quantitative estimate of drug-likeness (QED) is 0.867. The SMILES string of the molecule is Cn1nc(C(=O)Nc2sc3c(c2C(N)=O)CCC3)ccc1=O. The maximum atomic E-state index is 12.2. The molecule has 2 aromatic heterocycles. The molecule has 0 bridgehead atoms. The van der Waals surface area contributed by atoms with E-state index in [1.807, 2.05) is 0 Å². The molecule has 2 aromatic rings. The number of amides is 2. The fourth-order valence-corrected chi connectivity index (χ4v) is 3.83. The molecule has 3 rings (SSSR count). The average Bonchev–Trinajstić information content (AvgIpc) is 3.01. The van der Waals surface area contributed by atoms with Crippen molar-refractivity contribution < 1.29 is 9.59 Å². The molecular formula is C14H14N4O3S. The van der Waals surface area contributed by atoms with Crippen molar-refractivity contribution in [3.8, 4) is 0 Å². The van der Waals surface area contributed by atoms with Gasteiger partial charge in [-0.2, -0.15) is 5.10 Å². The van der Waals surface area contributed by atoms with Crippen LogP contribution in [0.25, 0.3) is 0 Å². The molecule has 1 aliphatic carbocycles. The largest absolute Gasteiger partial charge is 0.365 e. The fourth-order valence-electron chi connectivity index (χ4n) is 2.54. The molecule has 3 N–H and O–H groups in total. The fraction of sp³-hybridized carbons (Fsp3) is 0.286. The van der Waals surface area contributed by atoms with Crippen LogP contribution in [0.4, 0.5) is 5.00 Å². The van der Waals surface area contributed by atoms with E-state index in [2.05, 4.69) is 10.4 Å². The van der Waals surface area contributed by atoms with Gasteiger partial charge in [-0.1, -0.05) is 0 Å². The smallest absolute Gasteiger partial charge is 0.276 e. The number of aryl methyl sites for hydroxylation is 2. The molecule has 0 saturated heterocycles. The van der Waals surface area contributed by atoms with Gasteiger partial charge < -0.3 is 11.1 Å². The van der Waals surface area contributed by atoms with Gasteiger partial charge >= 0.3 is 0 Å². The monoisotopic (exact) mass is 318 g/mol. The van der Waals surface area contributed by atoms with E-state index in [-0.39, 0.29) is 11.3 Å². The van der Waals surface area contributed by atoms with Crippen LogP contribution in [0.5, 0.6) is 0 Å². The summed E-state index contributed by atoms with van der Waals surface area (Å²) in [5.41, 5.74) is 6.59. The van der Waals surface area contributed by atoms with Crippen molar-refractivity contribution in [2.45, 2.75) is 19.3 Å². The molecule has 0 aliphatic heterocycles. The molecule has 22 heavy (non-hydrogen) atoms. The van der Waals surface area contributed by atoms with Crippen molar-refractivity contribution in [1.29, 1.82) is 0 Å². The summed E-state index contributed by atoms with van der Waals surface area (Å²) in [4.78, 5) is 36.3. The first kappa shape index (κ1) is 14.5. The summed E-state index contributed by atoms with van der Waals surface area (Å²) in [5.74, 6) is -1.01. The first-order valence-electron chi connectivity index (χ1n) is 6.77. The van der Waals surface area contributed by atoms with E-state index < -0.39 is 11.8 Å². The van der Waals surface area contributed by atoms with E-state index in [4.69, 9.17) is 5.73 Å². The number of thiophene rings is 1. The van der Waals surface area contributed by atoms with Crippen LogP contribution in [0.3, 0.4) is 0 Å². The van der Waals surface area contributed by atoms with Gasteiger partial charge in [-0.05, 0) is 30.9 Å². The van der Waals surface area contributed by atoms with Crippen LogP contribution in [0, 0.1) is 0 Å². The van der Waals surface area contributed by atoms with Crippen molar-refractivity contribution in [2.75, 3.05) is 5.32 Å². The molecule has 0 spiro atoms. The predicted octanol–water partition coefficient (Wildman–Crippen LogP) is 0.682. The third kappa shape index (κ3) is 2.41. The molecule has 2 heterocycles. The van der Waals surface area contributed by atoms with E-state index >= 15 is 0 Å². The standard InChI is InChI=1S/C14H14N4O3S/c1-18-10(19)6-5-8(17-18)13(21)16-14-11(12(15)20)7-3-2-4-9(7)22-14/h5-6H,2-4H2,1H3,(H2,15,20)(H,16,21). The summed E-state index contributed by atoms with van der Waals surface area (Å²) in [7, 11) is 1.47. The number of fused-ring (bicyclic) bond motifs is 1. The van der Waals surface area contributed by atoms with E-state index in [0.717, 1.165) is 34.4 Å². The molecule has 7 nitrogen and oxygen atoms in total. The zero-order valence-electron chi connectivity index (χ0n) is 11.9. The highest BCUT2D eigenvalue weighted by Crippen LogP contribution is 2.38. The third-order valence-electron chi connectivity index (χ3n) is 3.59. The van der Waals surface area contributed by atoms with Crippen molar-refractivity contribution in [2.24, 2.45) is 12.8 Å². The van der Waals surface area contributed by atoms with Crippen LogP contribution in [0.1, 0.15) is 37.7 Å². The summed E-state index contributed by atoms with van der Waals surface area (Å²) in [5, 5.41) is 7.03. The summed E-state index contributed by atoms with van der Waals surface area (Å²) < 4.78 is 1.08. The number of nitrogens with zero attached hydrogens (tertiary/aromatic N) is 2. The van der Waals surface area contributed by atoms with Crippen LogP contribution in [-0.4, -0.2) is 21.6 Å². The van der Waals surface area contributed by atoms with Gasteiger partial charge in [-0.3, -0.25) is 14.4 Å². The van der Waals surface area contributed by atoms with E-state index in [1.165, 1.54) is 30.5 Å². The second-order valence-electron chi connectivity index (χ2n) is 5.06. The minimum atomic E-state index is -0.539. The molecule has 8 heteroatoms. The second-order valence-corrected chi connectivity index (χ2v) is 6.17. The molecule has 0 aromatic carbocycles. The van der Waals surface area contributed by atoms with Crippen LogP contribution in [0.15, 0.2) is 16.9 Å². The second kappa shape index (κ2) is 5.38. The van der Waals surface area contributed by atoms with Crippen LogP contribution in [0.2, 0.25) is 0 Å². The molecule has 1 aliphatic rings. The Morgan fingerprint density at radius 1 is 1.36 bits per heavy atom. The maximum absolute atomic E-state index is 12.2. The van der Waals surface area contributed by atoms with Crippen molar-refractivity contribution in [3.05, 3.63) is 44.2 Å². The lowest BCUT2D eigenvalue weighted by Crippen LogP contribution is -2.24. The van der Waals surface area contributed by atoms with Crippen molar-refractivity contribution >= 4 is 28.2 Å². The molecule has 0 saturated carbocycles.